The molecule has 1 aliphatic heterocycles. The summed E-state index contributed by atoms with van der Waals surface area (Å²) in [5, 5.41) is 6.13. The first-order valence-electron chi connectivity index (χ1n) is 47.8. The van der Waals surface area contributed by atoms with Gasteiger partial charge >= 0.3 is 0 Å². The Balaban J connectivity index is 0.000000138. The second-order valence-electron chi connectivity index (χ2n) is 39.4. The lowest BCUT2D eigenvalue weighted by molar-refractivity contribution is -0.633. The van der Waals surface area contributed by atoms with Crippen LogP contribution in [0.2, 0.25) is 0 Å². The minimum atomic E-state index is 0.0858. The Bertz CT molecular complexity index is 7120. The van der Waals surface area contributed by atoms with Crippen molar-refractivity contribution in [3.63, 3.8) is 0 Å². The van der Waals surface area contributed by atoms with Crippen molar-refractivity contribution in [1.82, 2.24) is 0 Å². The van der Waals surface area contributed by atoms with E-state index in [1.165, 1.54) is 71.3 Å². The van der Waals surface area contributed by atoms with Gasteiger partial charge in [-0.1, -0.05) is 166 Å². The third-order valence-electron chi connectivity index (χ3n) is 24.0. The van der Waals surface area contributed by atoms with E-state index in [4.69, 9.17) is 47.4 Å². The molecule has 0 fully saturated rings. The van der Waals surface area contributed by atoms with Crippen LogP contribution < -0.4 is 70.2 Å². The molecule has 15 heteroatoms. The number of rotatable bonds is 23. The highest BCUT2D eigenvalue weighted by molar-refractivity contribution is 5.84. The fourth-order valence-corrected chi connectivity index (χ4v) is 16.8. The van der Waals surface area contributed by atoms with Gasteiger partial charge in [0.1, 0.15) is 92.7 Å². The van der Waals surface area contributed by atoms with Crippen LogP contribution in [0.1, 0.15) is 125 Å². The number of fused-ring (bicyclic) bond motifs is 6. The SMILES string of the molecule is Cc1c(OC(C)C)cc(OC(C)C)cc1-c1ccc2ccccc2[n+]1C.Cc1c(OCC(C)(C)C)cc(OCC(C)(C)C)cc1-c1ccc2ccccc2[n+]1C.Cc1c(OCC(C)C)cc(OCC(C)C)cc1-c1ccc2ccccc2[n+]1C.Cc1c(Oc2ccccc2)cc(Oc2ccccc2)cc1-c1ccc2ccccc2[n+]1C.Cc1cc2c(cc1-c1ccc3ccccc3[n+]1C)OCO2. The molecule has 0 spiro atoms. The Hall–Kier alpha value is -14.3. The Morgan fingerprint density at radius 1 is 0.270 bits per heavy atom. The topological polar surface area (TPSA) is 112 Å². The molecule has 1 aliphatic rings. The number of benzene rings is 12. The fraction of sp³-hybridized carbons (Fsp3) is 0.287. The first kappa shape index (κ1) is 98.7. The molecular weight excluding hydrogens is 1700 g/mol. The summed E-state index contributed by atoms with van der Waals surface area (Å²) in [6.07, 6.45) is 0.226. The van der Waals surface area contributed by atoms with Gasteiger partial charge in [-0.3, -0.25) is 0 Å². The van der Waals surface area contributed by atoms with Gasteiger partial charge in [0.15, 0.2) is 11.5 Å². The van der Waals surface area contributed by atoms with Crippen LogP contribution in [0.15, 0.2) is 303 Å². The van der Waals surface area contributed by atoms with Crippen LogP contribution in [0.3, 0.4) is 0 Å². The molecule has 0 amide bonds. The number of ether oxygens (including phenoxy) is 10. The first-order chi connectivity index (χ1) is 65.6. The van der Waals surface area contributed by atoms with Gasteiger partial charge in [-0.05, 0) is 212 Å². The van der Waals surface area contributed by atoms with Crippen molar-refractivity contribution < 1.29 is 70.2 Å². The van der Waals surface area contributed by atoms with Crippen molar-refractivity contribution in [3.05, 3.63) is 331 Å². The van der Waals surface area contributed by atoms with E-state index in [2.05, 4.69) is 374 Å². The lowest BCUT2D eigenvalue weighted by Gasteiger charge is -2.23. The fourth-order valence-electron chi connectivity index (χ4n) is 16.8. The van der Waals surface area contributed by atoms with Gasteiger partial charge < -0.3 is 47.4 Å². The van der Waals surface area contributed by atoms with E-state index in [0.29, 0.717) is 45.1 Å². The maximum Gasteiger partial charge on any atom is 0.231 e. The van der Waals surface area contributed by atoms with Gasteiger partial charge in [0, 0.05) is 134 Å². The molecule has 18 rings (SSSR count). The lowest BCUT2D eigenvalue weighted by Crippen LogP contribution is -2.32. The van der Waals surface area contributed by atoms with Gasteiger partial charge in [0.2, 0.25) is 62.8 Å². The first-order valence-corrected chi connectivity index (χ1v) is 47.8. The molecule has 0 N–H and O–H groups in total. The lowest BCUT2D eigenvalue weighted by atomic mass is 9.98. The average molecular weight is 1830 g/mol. The number of aromatic nitrogens is 5. The molecule has 0 saturated heterocycles. The summed E-state index contributed by atoms with van der Waals surface area (Å²) in [5.41, 5.74) is 23.2. The van der Waals surface area contributed by atoms with E-state index in [9.17, 15) is 0 Å². The number of pyridine rings is 5. The minimum absolute atomic E-state index is 0.0858. The summed E-state index contributed by atoms with van der Waals surface area (Å²) in [6.45, 7) is 43.5. The molecule has 0 radical (unpaired) electrons. The third kappa shape index (κ3) is 24.7. The summed E-state index contributed by atoms with van der Waals surface area (Å²) in [4.78, 5) is 0. The zero-order chi connectivity index (χ0) is 97.5. The number of aryl methyl sites for hydroxylation is 6. The predicted molar refractivity (Wildman–Crippen MR) is 558 cm³/mol. The quantitative estimate of drug-likeness (QED) is 0.0574. The number of hydrogen-bond donors (Lipinski definition) is 0. The van der Waals surface area contributed by atoms with Crippen molar-refractivity contribution >= 4 is 54.5 Å². The smallest absolute Gasteiger partial charge is 0.231 e. The predicted octanol–water partition coefficient (Wildman–Crippen LogP) is 28.0. The van der Waals surface area contributed by atoms with E-state index in [1.54, 1.807) is 0 Å². The van der Waals surface area contributed by atoms with Crippen LogP contribution in [0.5, 0.6) is 69.0 Å². The highest BCUT2D eigenvalue weighted by Crippen LogP contribution is 2.44. The third-order valence-corrected chi connectivity index (χ3v) is 24.0. The average Bonchev–Trinajstić information content (AvgIpc) is 1.33. The number of para-hydroxylation sites is 7. The maximum absolute atomic E-state index is 6.29. The van der Waals surface area contributed by atoms with Crippen molar-refractivity contribution in [2.45, 2.75) is 144 Å². The largest absolute Gasteiger partial charge is 0.493 e. The number of hydrogen-bond acceptors (Lipinski definition) is 10. The molecule has 6 heterocycles. The molecule has 0 unspecified atom stereocenters. The van der Waals surface area contributed by atoms with Gasteiger partial charge in [0.05, 0.1) is 66.5 Å². The second-order valence-corrected chi connectivity index (χ2v) is 39.4. The highest BCUT2D eigenvalue weighted by atomic mass is 16.7. The van der Waals surface area contributed by atoms with E-state index < -0.39 is 0 Å². The van der Waals surface area contributed by atoms with Crippen molar-refractivity contribution in [3.8, 4) is 125 Å². The summed E-state index contributed by atoms with van der Waals surface area (Å²) < 4.78 is 71.4. The van der Waals surface area contributed by atoms with Crippen molar-refractivity contribution in [1.29, 1.82) is 0 Å². The Morgan fingerprint density at radius 3 is 0.971 bits per heavy atom. The summed E-state index contributed by atoms with van der Waals surface area (Å²) in [6, 6.07) is 104. The second kappa shape index (κ2) is 44.0. The van der Waals surface area contributed by atoms with Gasteiger partial charge in [-0.15, -0.1) is 0 Å². The van der Waals surface area contributed by atoms with Gasteiger partial charge in [0.25, 0.3) is 0 Å². The maximum atomic E-state index is 6.29. The van der Waals surface area contributed by atoms with Crippen LogP contribution in [0.25, 0.3) is 111 Å². The molecular formula is C122H136N5O10+5. The molecule has 0 atom stereocenters. The standard InChI is InChI=1S/C29H24NO2.C27H36NO2.C25H32NO2.C23H28NO2.C18H16NO2/c1-21-26(28-18-17-22-11-9-10-16-27(22)30(28)2)19-25(31-23-12-5-3-6-13-23)20-29(21)32-24-14-7-4-8-15-24;1-19-22(24-14-13-20-11-9-10-12-23(20)28(24)8)15-21(29-17-26(2,3)4)16-25(19)30-18-27(5,6)7;1-17(2)15-27-21-13-22(19(5)25(14-21)28-16-18(3)4)24-12-11-20-9-7-8-10-23(20)26(24)6;1-15(2)25-19-13-20(17(5)23(14-19)26-16(3)4)22-12-11-18-9-7-8-10-21(18)24(22)6;1-12-9-17-18(21-11-20-17)10-14(12)16-8-7-13-5-3-4-6-15(13)19(16)2/h3-20H,1-2H3;9-16H,17-18H2,1-8H3;7-14,17-18H,15-16H2,1-6H3;7-16H,1-6H3;3-10H,11H2,1-2H3/q5*+1. The number of nitrogens with zero attached hydrogens (tertiary/aromatic N) is 5. The zero-order valence-electron chi connectivity index (χ0n) is 84.5. The summed E-state index contributed by atoms with van der Waals surface area (Å²) in [5.74, 6) is 10.9. The molecule has 0 bridgehead atoms. The monoisotopic (exact) mass is 1830 g/mol. The van der Waals surface area contributed by atoms with Crippen molar-refractivity contribution in [2.24, 2.45) is 57.9 Å². The molecule has 0 aliphatic carbocycles. The highest BCUT2D eigenvalue weighted by Gasteiger charge is 2.29. The van der Waals surface area contributed by atoms with Crippen LogP contribution in [-0.4, -0.2) is 45.4 Å². The zero-order valence-corrected chi connectivity index (χ0v) is 84.5. The van der Waals surface area contributed by atoms with Crippen LogP contribution in [-0.2, 0) is 35.2 Å². The normalized spacial score (nSPS) is 11.7. The van der Waals surface area contributed by atoms with Crippen LogP contribution >= 0.6 is 0 Å². The molecule has 704 valence electrons. The Kier molecular flexibility index (Phi) is 31.7. The Labute approximate surface area is 811 Å². The van der Waals surface area contributed by atoms with Gasteiger partial charge in [-0.2, -0.15) is 22.8 Å². The van der Waals surface area contributed by atoms with Crippen LogP contribution in [0.4, 0.5) is 0 Å². The minimum Gasteiger partial charge on any atom is -0.493 e. The van der Waals surface area contributed by atoms with E-state index in [0.717, 1.165) is 136 Å². The van der Waals surface area contributed by atoms with E-state index in [1.807, 2.05) is 119 Å². The molecule has 12 aromatic carbocycles. The van der Waals surface area contributed by atoms with Crippen LogP contribution in [0, 0.1) is 57.3 Å². The van der Waals surface area contributed by atoms with E-state index >= 15 is 0 Å². The van der Waals surface area contributed by atoms with Crippen molar-refractivity contribution in [2.75, 3.05) is 33.2 Å². The molecule has 5 aromatic heterocycles. The molecule has 17 aromatic rings. The molecule has 0 saturated carbocycles. The summed E-state index contributed by atoms with van der Waals surface area (Å²) in [7, 11) is 10.5. The van der Waals surface area contributed by atoms with E-state index in [-0.39, 0.29) is 23.0 Å². The molecule has 137 heavy (non-hydrogen) atoms. The van der Waals surface area contributed by atoms with Gasteiger partial charge in [-0.25, -0.2) is 0 Å². The summed E-state index contributed by atoms with van der Waals surface area (Å²) >= 11 is 0. The Morgan fingerprint density at radius 2 is 0.577 bits per heavy atom. The molecule has 15 nitrogen and oxygen atoms in total.